The number of carbonyl (C=O) groups is 6. The van der Waals surface area contributed by atoms with Crippen molar-refractivity contribution >= 4 is 47.2 Å². The minimum absolute atomic E-state index is 0.0632. The lowest BCUT2D eigenvalue weighted by Crippen LogP contribution is -2.60. The number of aromatic nitrogens is 3. The highest BCUT2D eigenvalue weighted by Gasteiger charge is 2.40. The number of benzene rings is 1. The first kappa shape index (κ1) is 42.1. The number of thioether (sulfide) groups is 1. The fourth-order valence-corrected chi connectivity index (χ4v) is 7.51. The molecule has 1 aromatic carbocycles. The molecule has 4 rings (SSSR count). The van der Waals surface area contributed by atoms with Gasteiger partial charge in [0.2, 0.25) is 35.4 Å². The Morgan fingerprint density at radius 1 is 1.02 bits per heavy atom. The molecule has 296 valence electrons. The first-order valence-corrected chi connectivity index (χ1v) is 20.0. The van der Waals surface area contributed by atoms with E-state index >= 15 is 0 Å². The number of carbonyl (C=O) groups excluding carboxylic acids is 6. The molecule has 0 spiro atoms. The van der Waals surface area contributed by atoms with Crippen molar-refractivity contribution in [1.29, 1.82) is 0 Å². The highest BCUT2D eigenvalue weighted by Crippen LogP contribution is 2.22. The van der Waals surface area contributed by atoms with Gasteiger partial charge < -0.3 is 37.0 Å². The van der Waals surface area contributed by atoms with Gasteiger partial charge in [-0.3, -0.25) is 33.4 Å². The van der Waals surface area contributed by atoms with Crippen LogP contribution in [0.1, 0.15) is 83.9 Å². The van der Waals surface area contributed by atoms with Gasteiger partial charge in [0.05, 0.1) is 5.69 Å². The lowest BCUT2D eigenvalue weighted by atomic mass is 9.97. The third kappa shape index (κ3) is 12.2. The van der Waals surface area contributed by atoms with Gasteiger partial charge in [-0.2, -0.15) is 11.8 Å². The van der Waals surface area contributed by atoms with Crippen LogP contribution >= 0.6 is 11.8 Å². The predicted molar refractivity (Wildman–Crippen MR) is 202 cm³/mol. The number of aryl methyl sites for hydroxylation is 1. The van der Waals surface area contributed by atoms with E-state index in [-0.39, 0.29) is 48.6 Å². The second-order valence-electron chi connectivity index (χ2n) is 14.7. The minimum Gasteiger partial charge on any atom is -0.508 e. The summed E-state index contributed by atoms with van der Waals surface area (Å²) >= 11 is 1.35. The Kier molecular flexibility index (Phi) is 15.7. The van der Waals surface area contributed by atoms with Crippen molar-refractivity contribution in [2.45, 2.75) is 122 Å². The summed E-state index contributed by atoms with van der Waals surface area (Å²) in [5.41, 5.74) is 6.98. The zero-order chi connectivity index (χ0) is 39.4. The molecule has 0 unspecified atom stereocenters. The number of primary amides is 1. The van der Waals surface area contributed by atoms with Crippen molar-refractivity contribution in [3.8, 4) is 5.75 Å². The van der Waals surface area contributed by atoms with E-state index in [1.165, 1.54) is 28.8 Å². The molecule has 6 amide bonds. The molecule has 0 saturated carbocycles. The molecule has 1 fully saturated rings. The zero-order valence-corrected chi connectivity index (χ0v) is 32.4. The molecular formula is C37H55N9O7S. The Bertz CT molecular complexity index is 1620. The van der Waals surface area contributed by atoms with Crippen molar-refractivity contribution in [3.63, 3.8) is 0 Å². The van der Waals surface area contributed by atoms with E-state index in [2.05, 4.69) is 31.6 Å². The standard InChI is InChI=1S/C37H55N9O7S/c1-5-23(4)32-36(52)41-29(34(50)40-27(33(38)49)17-22(2)3)21-54-20-25-19-45(44-43-25)15-7-6-10-31(48)39-28(18-24-11-13-26(47)14-12-24)37(53)46-16-8-9-30(46)35(51)42-32/h11-14,19,22-23,27-30,32,47H,5-10,15-18,20-21H2,1-4H3,(H2,38,49)(H,39,48)(H,40,50)(H,41,52)(H,42,51)/t23-,27-,28-,29-,30-,32-/m0/s1. The molecular weight excluding hydrogens is 715 g/mol. The lowest BCUT2D eigenvalue weighted by Gasteiger charge is -2.31. The van der Waals surface area contributed by atoms with Crippen molar-refractivity contribution < 1.29 is 33.9 Å². The van der Waals surface area contributed by atoms with E-state index in [1.54, 1.807) is 23.0 Å². The predicted octanol–water partition coefficient (Wildman–Crippen LogP) is 1.15. The van der Waals surface area contributed by atoms with Gasteiger partial charge in [0.25, 0.3) is 0 Å². The Morgan fingerprint density at radius 3 is 2.44 bits per heavy atom. The van der Waals surface area contributed by atoms with E-state index < -0.39 is 59.7 Å². The van der Waals surface area contributed by atoms with Gasteiger partial charge in [0, 0.05) is 43.6 Å². The number of phenols is 1. The van der Waals surface area contributed by atoms with Gasteiger partial charge in [0.1, 0.15) is 36.0 Å². The Labute approximate surface area is 320 Å². The zero-order valence-electron chi connectivity index (χ0n) is 31.6. The van der Waals surface area contributed by atoms with Crippen LogP contribution in [0.2, 0.25) is 0 Å². The summed E-state index contributed by atoms with van der Waals surface area (Å²) in [4.78, 5) is 82.7. The van der Waals surface area contributed by atoms with E-state index in [1.807, 2.05) is 27.7 Å². The fraction of sp³-hybridized carbons (Fsp3) is 0.622. The number of hydrogen-bond acceptors (Lipinski definition) is 10. The summed E-state index contributed by atoms with van der Waals surface area (Å²) in [5, 5.41) is 29.5. The molecule has 0 radical (unpaired) electrons. The minimum atomic E-state index is -1.08. The van der Waals surface area contributed by atoms with Gasteiger partial charge >= 0.3 is 0 Å². The number of nitrogens with two attached hydrogens (primary N) is 1. The first-order chi connectivity index (χ1) is 25.7. The van der Waals surface area contributed by atoms with Crippen molar-refractivity contribution in [1.82, 2.24) is 41.2 Å². The van der Waals surface area contributed by atoms with Crippen LogP contribution in [0.5, 0.6) is 5.75 Å². The second-order valence-corrected chi connectivity index (χ2v) is 15.7. The van der Waals surface area contributed by atoms with Crippen LogP contribution in [0, 0.1) is 11.8 Å². The fourth-order valence-electron chi connectivity index (χ4n) is 6.58. The molecule has 1 aromatic heterocycles. The molecule has 3 heterocycles. The number of phenolic OH excluding ortho intramolecular Hbond substituents is 1. The Hall–Kier alpha value is -4.67. The van der Waals surface area contributed by atoms with Crippen LogP contribution in [-0.4, -0.2) is 103 Å². The Morgan fingerprint density at radius 2 is 1.76 bits per heavy atom. The highest BCUT2D eigenvalue weighted by molar-refractivity contribution is 7.98. The maximum absolute atomic E-state index is 14.2. The average Bonchev–Trinajstić information content (AvgIpc) is 3.81. The summed E-state index contributed by atoms with van der Waals surface area (Å²) in [6.45, 7) is 8.30. The molecule has 17 heteroatoms. The molecule has 7 N–H and O–H groups in total. The summed E-state index contributed by atoms with van der Waals surface area (Å²) in [7, 11) is 0. The van der Waals surface area contributed by atoms with Gasteiger partial charge in [-0.05, 0) is 61.6 Å². The highest BCUT2D eigenvalue weighted by atomic mass is 32.2. The van der Waals surface area contributed by atoms with Crippen LogP contribution in [0.4, 0.5) is 0 Å². The Balaban J connectivity index is 1.63. The third-order valence-corrected chi connectivity index (χ3v) is 10.9. The van der Waals surface area contributed by atoms with Crippen LogP contribution in [0.3, 0.4) is 0 Å². The second kappa shape index (κ2) is 20.1. The van der Waals surface area contributed by atoms with Crippen LogP contribution in [-0.2, 0) is 47.5 Å². The molecule has 6 atom stereocenters. The lowest BCUT2D eigenvalue weighted by molar-refractivity contribution is -0.142. The smallest absolute Gasteiger partial charge is 0.246 e. The first-order valence-electron chi connectivity index (χ1n) is 18.8. The molecule has 2 aromatic rings. The summed E-state index contributed by atoms with van der Waals surface area (Å²) < 4.78 is 1.68. The van der Waals surface area contributed by atoms with Crippen LogP contribution in [0.15, 0.2) is 30.5 Å². The number of rotatable bonds is 9. The molecule has 1 saturated heterocycles. The molecule has 2 aliphatic rings. The number of aromatic hydroxyl groups is 1. The third-order valence-electron chi connectivity index (χ3n) is 9.80. The van der Waals surface area contributed by atoms with Gasteiger partial charge in [0.15, 0.2) is 0 Å². The number of nitrogens with one attached hydrogen (secondary N) is 4. The monoisotopic (exact) mass is 769 g/mol. The van der Waals surface area contributed by atoms with E-state index in [4.69, 9.17) is 5.73 Å². The largest absolute Gasteiger partial charge is 0.508 e. The molecule has 16 nitrogen and oxygen atoms in total. The van der Waals surface area contributed by atoms with Crippen LogP contribution in [0.25, 0.3) is 0 Å². The van der Waals surface area contributed by atoms with E-state index in [9.17, 15) is 33.9 Å². The number of amides is 6. The van der Waals surface area contributed by atoms with Gasteiger partial charge in [-0.25, -0.2) is 0 Å². The van der Waals surface area contributed by atoms with Crippen molar-refractivity contribution in [2.24, 2.45) is 17.6 Å². The number of hydrogen-bond donors (Lipinski definition) is 6. The average molecular weight is 770 g/mol. The van der Waals surface area contributed by atoms with Crippen LogP contribution < -0.4 is 27.0 Å². The quantitative estimate of drug-likeness (QED) is 0.213. The molecule has 2 aliphatic heterocycles. The summed E-state index contributed by atoms with van der Waals surface area (Å²) in [6, 6.07) is 1.44. The normalized spacial score (nSPS) is 23.5. The molecule has 0 aliphatic carbocycles. The molecule has 54 heavy (non-hydrogen) atoms. The number of fused-ring (bicyclic) bond motifs is 3. The van der Waals surface area contributed by atoms with E-state index in [0.717, 1.165) is 0 Å². The maximum atomic E-state index is 14.2. The topological polar surface area (TPSA) is 231 Å². The number of nitrogens with zero attached hydrogens (tertiary/aromatic N) is 4. The summed E-state index contributed by atoms with van der Waals surface area (Å²) in [5.74, 6) is -2.79. The van der Waals surface area contributed by atoms with Crippen molar-refractivity contribution in [2.75, 3.05) is 12.3 Å². The maximum Gasteiger partial charge on any atom is 0.246 e. The van der Waals surface area contributed by atoms with Gasteiger partial charge in [-0.1, -0.05) is 51.5 Å². The van der Waals surface area contributed by atoms with E-state index in [0.29, 0.717) is 62.1 Å². The SMILES string of the molecule is CC[C@H](C)[C@@H]1NC(=O)[C@@H]2CCCN2C(=O)[C@H](Cc2ccc(O)cc2)NC(=O)CCCCn2cc(nn2)CSC[C@@H](C(=O)N[C@@H](CC(C)C)C(N)=O)NC1=O. The summed E-state index contributed by atoms with van der Waals surface area (Å²) in [6.07, 6.45) is 5.00. The van der Waals surface area contributed by atoms with Gasteiger partial charge in [-0.15, -0.1) is 5.10 Å². The van der Waals surface area contributed by atoms with Crippen molar-refractivity contribution in [3.05, 3.63) is 41.7 Å². The molecule has 2 bridgehead atoms.